The molecule has 2 aromatic carbocycles. The van der Waals surface area contributed by atoms with Crippen molar-refractivity contribution in [2.24, 2.45) is 11.5 Å². The van der Waals surface area contributed by atoms with Gasteiger partial charge in [-0.25, -0.2) is 0 Å². The predicted octanol–water partition coefficient (Wildman–Crippen LogP) is 2.29. The molecule has 2 aromatic rings. The Kier molecular flexibility index (Phi) is 6.34. The van der Waals surface area contributed by atoms with Gasteiger partial charge in [-0.15, -0.1) is 0 Å². The van der Waals surface area contributed by atoms with Crippen LogP contribution in [0.1, 0.15) is 80.0 Å². The number of nitrogens with zero attached hydrogens (tertiary/aromatic N) is 2. The highest BCUT2D eigenvalue weighted by molar-refractivity contribution is 6.33. The number of nitrogens with two attached hydrogens (primary N) is 2. The highest BCUT2D eigenvalue weighted by atomic mass is 16.2. The van der Waals surface area contributed by atoms with Crippen LogP contribution in [0.15, 0.2) is 24.3 Å². The van der Waals surface area contributed by atoms with Crippen molar-refractivity contribution in [2.45, 2.75) is 38.5 Å². The molecule has 0 aromatic heterocycles. The second kappa shape index (κ2) is 9.18. The first-order valence-electron chi connectivity index (χ1n) is 11.2. The Balaban J connectivity index is 1.70. The average molecular weight is 437 g/mol. The summed E-state index contributed by atoms with van der Waals surface area (Å²) >= 11 is 0. The van der Waals surface area contributed by atoms with E-state index in [1.807, 2.05) is 0 Å². The second-order valence-electron chi connectivity index (χ2n) is 8.29. The molecule has 168 valence electrons. The van der Waals surface area contributed by atoms with Gasteiger partial charge in [-0.2, -0.15) is 0 Å². The van der Waals surface area contributed by atoms with E-state index < -0.39 is 0 Å². The van der Waals surface area contributed by atoms with Gasteiger partial charge in [0.25, 0.3) is 23.6 Å². The van der Waals surface area contributed by atoms with Gasteiger partial charge in [-0.1, -0.05) is 12.8 Å². The minimum Gasteiger partial charge on any atom is -0.330 e. The summed E-state index contributed by atoms with van der Waals surface area (Å²) in [5, 5.41) is 0.829. The standard InChI is InChI=1S/C24H28N4O4/c25-11-3-1-5-13-27-21(29)15-7-9-17-20-18(10-8-16(19(15)20)22(27)30)24(32)28(23(17)31)14-6-2-4-12-26/h7-10H,1-6,11-14,25-26H2. The Morgan fingerprint density at radius 3 is 1.09 bits per heavy atom. The van der Waals surface area contributed by atoms with E-state index in [4.69, 9.17) is 11.5 Å². The summed E-state index contributed by atoms with van der Waals surface area (Å²) in [7, 11) is 0. The average Bonchev–Trinajstić information content (AvgIpc) is 2.80. The highest BCUT2D eigenvalue weighted by Crippen LogP contribution is 2.37. The SMILES string of the molecule is NCCCCCN1C(=O)c2ccc3c4c(ccc(c24)C1=O)C(=O)N(CCCCCN)C3=O. The molecule has 0 fully saturated rings. The van der Waals surface area contributed by atoms with Crippen LogP contribution in [0.3, 0.4) is 0 Å². The predicted molar refractivity (Wildman–Crippen MR) is 120 cm³/mol. The molecule has 0 radical (unpaired) electrons. The summed E-state index contributed by atoms with van der Waals surface area (Å²) in [6, 6.07) is 6.42. The zero-order valence-corrected chi connectivity index (χ0v) is 18.1. The topological polar surface area (TPSA) is 127 Å². The van der Waals surface area contributed by atoms with E-state index in [0.29, 0.717) is 72.0 Å². The number of benzene rings is 2. The van der Waals surface area contributed by atoms with Crippen molar-refractivity contribution in [3.8, 4) is 0 Å². The van der Waals surface area contributed by atoms with E-state index >= 15 is 0 Å². The van der Waals surface area contributed by atoms with E-state index in [0.717, 1.165) is 25.7 Å². The Morgan fingerprint density at radius 2 is 0.812 bits per heavy atom. The van der Waals surface area contributed by atoms with Gasteiger partial charge >= 0.3 is 0 Å². The third-order valence-electron chi connectivity index (χ3n) is 6.23. The van der Waals surface area contributed by atoms with E-state index in [1.54, 1.807) is 24.3 Å². The fourth-order valence-electron chi connectivity index (χ4n) is 4.56. The van der Waals surface area contributed by atoms with Crippen LogP contribution in [0.2, 0.25) is 0 Å². The molecule has 4 amide bonds. The number of hydrogen-bond acceptors (Lipinski definition) is 6. The van der Waals surface area contributed by atoms with E-state index in [1.165, 1.54) is 9.80 Å². The summed E-state index contributed by atoms with van der Waals surface area (Å²) in [6.07, 6.45) is 4.69. The minimum atomic E-state index is -0.386. The third kappa shape index (κ3) is 3.59. The molecule has 2 heterocycles. The molecule has 0 bridgehead atoms. The van der Waals surface area contributed by atoms with E-state index in [9.17, 15) is 19.2 Å². The van der Waals surface area contributed by atoms with Gasteiger partial charge in [0, 0.05) is 46.1 Å². The summed E-state index contributed by atoms with van der Waals surface area (Å²) in [4.78, 5) is 55.0. The molecule has 0 spiro atoms. The van der Waals surface area contributed by atoms with Crippen LogP contribution in [0.25, 0.3) is 10.8 Å². The van der Waals surface area contributed by atoms with E-state index in [-0.39, 0.29) is 23.6 Å². The van der Waals surface area contributed by atoms with Gasteiger partial charge in [0.05, 0.1) is 0 Å². The lowest BCUT2D eigenvalue weighted by molar-refractivity contribution is 0.0586. The molecular formula is C24H28N4O4. The van der Waals surface area contributed by atoms with Crippen molar-refractivity contribution in [3.63, 3.8) is 0 Å². The van der Waals surface area contributed by atoms with Gasteiger partial charge in [-0.05, 0) is 63.0 Å². The maximum absolute atomic E-state index is 13.1. The summed E-state index contributed by atoms with van der Waals surface area (Å²) in [6.45, 7) is 1.77. The number of hydrogen-bond donors (Lipinski definition) is 2. The smallest absolute Gasteiger partial charge is 0.261 e. The number of unbranched alkanes of at least 4 members (excludes halogenated alkanes) is 4. The number of carbonyl (C=O) groups is 4. The molecule has 4 rings (SSSR count). The summed E-state index contributed by atoms with van der Waals surface area (Å²) in [5.41, 5.74) is 12.5. The minimum absolute atomic E-state index is 0.316. The van der Waals surface area contributed by atoms with E-state index in [2.05, 4.69) is 0 Å². The van der Waals surface area contributed by atoms with Crippen LogP contribution < -0.4 is 11.5 Å². The van der Waals surface area contributed by atoms with Gasteiger partial charge in [0.15, 0.2) is 0 Å². The molecule has 32 heavy (non-hydrogen) atoms. The van der Waals surface area contributed by atoms with Crippen LogP contribution >= 0.6 is 0 Å². The lowest BCUT2D eigenvalue weighted by atomic mass is 9.86. The molecule has 4 N–H and O–H groups in total. The maximum atomic E-state index is 13.1. The normalized spacial score (nSPS) is 15.3. The lowest BCUT2D eigenvalue weighted by Gasteiger charge is -2.32. The Bertz CT molecular complexity index is 954. The first-order chi connectivity index (χ1) is 15.5. The zero-order valence-electron chi connectivity index (χ0n) is 18.1. The first kappa shape index (κ1) is 22.1. The molecule has 0 unspecified atom stereocenters. The van der Waals surface area contributed by atoms with Crippen LogP contribution in [0.4, 0.5) is 0 Å². The van der Waals surface area contributed by atoms with Gasteiger partial charge in [0.1, 0.15) is 0 Å². The quantitative estimate of drug-likeness (QED) is 0.435. The van der Waals surface area contributed by atoms with Crippen LogP contribution in [0.5, 0.6) is 0 Å². The molecule has 0 aliphatic carbocycles. The first-order valence-corrected chi connectivity index (χ1v) is 11.2. The summed E-state index contributed by atoms with van der Waals surface area (Å²) < 4.78 is 0. The molecule has 0 atom stereocenters. The molecular weight excluding hydrogens is 408 g/mol. The molecule has 8 heteroatoms. The zero-order chi connectivity index (χ0) is 22.8. The monoisotopic (exact) mass is 436 g/mol. The molecule has 8 nitrogen and oxygen atoms in total. The van der Waals surface area contributed by atoms with Crippen molar-refractivity contribution in [1.29, 1.82) is 0 Å². The Hall–Kier alpha value is -3.10. The molecule has 0 saturated heterocycles. The number of carbonyl (C=O) groups excluding carboxylic acids is 4. The molecule has 2 aliphatic heterocycles. The maximum Gasteiger partial charge on any atom is 0.261 e. The Morgan fingerprint density at radius 1 is 0.500 bits per heavy atom. The fourth-order valence-corrected chi connectivity index (χ4v) is 4.56. The second-order valence-corrected chi connectivity index (χ2v) is 8.29. The molecule has 0 saturated carbocycles. The number of rotatable bonds is 10. The third-order valence-corrected chi connectivity index (χ3v) is 6.23. The van der Waals surface area contributed by atoms with Gasteiger partial charge in [-0.3, -0.25) is 29.0 Å². The van der Waals surface area contributed by atoms with Crippen LogP contribution in [-0.2, 0) is 0 Å². The lowest BCUT2D eigenvalue weighted by Crippen LogP contribution is -2.43. The largest absolute Gasteiger partial charge is 0.330 e. The van der Waals surface area contributed by atoms with Crippen LogP contribution in [-0.4, -0.2) is 59.6 Å². The van der Waals surface area contributed by atoms with Gasteiger partial charge in [0.2, 0.25) is 0 Å². The fraction of sp³-hybridized carbons (Fsp3) is 0.417. The van der Waals surface area contributed by atoms with Crippen molar-refractivity contribution < 1.29 is 19.2 Å². The molecule has 2 aliphatic rings. The number of amides is 4. The Labute approximate surface area is 186 Å². The van der Waals surface area contributed by atoms with Crippen molar-refractivity contribution in [3.05, 3.63) is 46.5 Å². The van der Waals surface area contributed by atoms with Gasteiger partial charge < -0.3 is 11.5 Å². The van der Waals surface area contributed by atoms with Crippen LogP contribution in [0, 0.1) is 0 Å². The summed E-state index contributed by atoms with van der Waals surface area (Å²) in [5.74, 6) is -1.54. The highest BCUT2D eigenvalue weighted by Gasteiger charge is 2.39. The number of imide groups is 2. The van der Waals surface area contributed by atoms with Crippen molar-refractivity contribution in [1.82, 2.24) is 9.80 Å². The van der Waals surface area contributed by atoms with Crippen molar-refractivity contribution >= 4 is 34.4 Å². The van der Waals surface area contributed by atoms with Crippen molar-refractivity contribution in [2.75, 3.05) is 26.2 Å².